The molecule has 2 aliphatic rings. The van der Waals surface area contributed by atoms with Crippen molar-refractivity contribution in [2.75, 3.05) is 38.3 Å². The minimum Gasteiger partial charge on any atom is -0.465 e. The van der Waals surface area contributed by atoms with E-state index in [4.69, 9.17) is 21.1 Å². The van der Waals surface area contributed by atoms with Crippen LogP contribution in [0.5, 0.6) is 0 Å². The molecule has 1 saturated heterocycles. The van der Waals surface area contributed by atoms with Crippen LogP contribution in [-0.4, -0.2) is 51.5 Å². The molecule has 0 bridgehead atoms. The first-order valence-electron chi connectivity index (χ1n) is 11.5. The van der Waals surface area contributed by atoms with Gasteiger partial charge in [-0.3, -0.25) is 0 Å². The van der Waals surface area contributed by atoms with Gasteiger partial charge in [-0.2, -0.15) is 0 Å². The Morgan fingerprint density at radius 1 is 1.27 bits per heavy atom. The molecule has 174 valence electrons. The molecule has 2 heterocycles. The Labute approximate surface area is 203 Å². The van der Waals surface area contributed by atoms with Crippen LogP contribution in [0, 0.1) is 6.92 Å². The third-order valence-corrected chi connectivity index (χ3v) is 8.04. The van der Waals surface area contributed by atoms with Gasteiger partial charge in [0.25, 0.3) is 0 Å². The average molecular weight is 485 g/mol. The predicted molar refractivity (Wildman–Crippen MR) is 136 cm³/mol. The molecule has 1 aliphatic heterocycles. The Morgan fingerprint density at radius 2 is 2.12 bits per heavy atom. The van der Waals surface area contributed by atoms with Crippen molar-refractivity contribution < 1.29 is 14.3 Å². The second kappa shape index (κ2) is 9.63. The van der Waals surface area contributed by atoms with Crippen LogP contribution in [0.25, 0.3) is 21.2 Å². The van der Waals surface area contributed by atoms with Gasteiger partial charge in [0.05, 0.1) is 31.1 Å². The van der Waals surface area contributed by atoms with Gasteiger partial charge in [0.2, 0.25) is 0 Å². The summed E-state index contributed by atoms with van der Waals surface area (Å²) in [6.07, 6.45) is 3.94. The summed E-state index contributed by atoms with van der Waals surface area (Å²) in [4.78, 5) is 16.3. The maximum Gasteiger partial charge on any atom is 0.339 e. The van der Waals surface area contributed by atoms with Gasteiger partial charge in [-0.15, -0.1) is 11.3 Å². The molecule has 1 N–H and O–H groups in total. The number of rotatable bonds is 6. The number of thiophene rings is 1. The number of methoxy groups -OCH3 is 1. The molecular formula is C26H29ClN2O3S. The molecule has 33 heavy (non-hydrogen) atoms. The van der Waals surface area contributed by atoms with E-state index in [0.717, 1.165) is 51.6 Å². The largest absolute Gasteiger partial charge is 0.465 e. The van der Waals surface area contributed by atoms with Gasteiger partial charge in [-0.1, -0.05) is 30.2 Å². The summed E-state index contributed by atoms with van der Waals surface area (Å²) in [7, 11) is 1.44. The number of aryl methyl sites for hydroxylation is 1. The van der Waals surface area contributed by atoms with Crippen LogP contribution in [0.15, 0.2) is 36.4 Å². The molecule has 1 aliphatic carbocycles. The number of halogens is 1. The lowest BCUT2D eigenvalue weighted by Gasteiger charge is -2.37. The molecule has 5 nitrogen and oxygen atoms in total. The van der Waals surface area contributed by atoms with E-state index < -0.39 is 0 Å². The summed E-state index contributed by atoms with van der Waals surface area (Å²) in [5, 5.41) is 5.50. The number of fused-ring (bicyclic) bond motifs is 1. The normalized spacial score (nSPS) is 19.0. The zero-order valence-corrected chi connectivity index (χ0v) is 20.6. The number of morpholine rings is 1. The molecule has 3 aromatic rings. The summed E-state index contributed by atoms with van der Waals surface area (Å²) in [6.45, 7) is 5.11. The molecule has 0 unspecified atom stereocenters. The molecular weight excluding hydrogens is 456 g/mol. The van der Waals surface area contributed by atoms with E-state index in [-0.39, 0.29) is 12.1 Å². The molecule has 1 atom stereocenters. The number of benzene rings is 2. The molecule has 0 amide bonds. The van der Waals surface area contributed by atoms with Crippen LogP contribution in [0.3, 0.4) is 0 Å². The van der Waals surface area contributed by atoms with Crippen molar-refractivity contribution in [1.29, 1.82) is 0 Å². The Balaban J connectivity index is 1.45. The van der Waals surface area contributed by atoms with Crippen LogP contribution < -0.4 is 10.2 Å². The highest BCUT2D eigenvalue weighted by Crippen LogP contribution is 2.41. The molecule has 5 rings (SSSR count). The SMILES string of the molecule is COC(=O)c1cc(-c2c(C)sc3cc(Cl)ccc23)ccc1N1CCO[C@@H](CNC2CCC2)C1. The Morgan fingerprint density at radius 3 is 2.88 bits per heavy atom. The highest BCUT2D eigenvalue weighted by molar-refractivity contribution is 7.19. The first-order valence-corrected chi connectivity index (χ1v) is 12.7. The molecule has 0 spiro atoms. The lowest BCUT2D eigenvalue weighted by molar-refractivity contribution is 0.0369. The van der Waals surface area contributed by atoms with Crippen LogP contribution >= 0.6 is 22.9 Å². The van der Waals surface area contributed by atoms with Crippen LogP contribution in [-0.2, 0) is 9.47 Å². The minimum absolute atomic E-state index is 0.109. The van der Waals surface area contributed by atoms with Gasteiger partial charge in [-0.05, 0) is 49.6 Å². The van der Waals surface area contributed by atoms with E-state index in [9.17, 15) is 4.79 Å². The molecule has 0 radical (unpaired) electrons. The molecule has 2 fully saturated rings. The van der Waals surface area contributed by atoms with Gasteiger partial charge in [0.1, 0.15) is 0 Å². The maximum absolute atomic E-state index is 12.8. The number of hydrogen-bond donors (Lipinski definition) is 1. The van der Waals surface area contributed by atoms with Gasteiger partial charge < -0.3 is 19.7 Å². The highest BCUT2D eigenvalue weighted by atomic mass is 35.5. The van der Waals surface area contributed by atoms with Gasteiger partial charge >= 0.3 is 5.97 Å². The Kier molecular flexibility index (Phi) is 6.61. The standard InChI is InChI=1S/C26H29ClN2O3S/c1-16-25(21-8-7-18(27)13-24(21)33-16)17-6-9-23(22(12-17)26(30)31-2)29-10-11-32-20(15-29)14-28-19-4-3-5-19/h6-9,12-13,19-20,28H,3-5,10-11,14-15H2,1-2H3/t20-/m0/s1. The zero-order chi connectivity index (χ0) is 22.9. The van der Waals surface area contributed by atoms with Crippen LogP contribution in [0.1, 0.15) is 34.5 Å². The summed E-state index contributed by atoms with van der Waals surface area (Å²) in [5.74, 6) is -0.317. The van der Waals surface area contributed by atoms with E-state index in [1.165, 1.54) is 31.2 Å². The first-order chi connectivity index (χ1) is 16.0. The average Bonchev–Trinajstić information content (AvgIpc) is 3.12. The van der Waals surface area contributed by atoms with Crippen LogP contribution in [0.4, 0.5) is 5.69 Å². The number of hydrogen-bond acceptors (Lipinski definition) is 6. The lowest BCUT2D eigenvalue weighted by atomic mass is 9.93. The first kappa shape index (κ1) is 22.7. The molecule has 2 aromatic carbocycles. The van der Waals surface area contributed by atoms with E-state index in [2.05, 4.69) is 35.3 Å². The molecule has 1 aromatic heterocycles. The fourth-order valence-electron chi connectivity index (χ4n) is 4.76. The maximum atomic E-state index is 12.8. The summed E-state index contributed by atoms with van der Waals surface area (Å²) in [5.41, 5.74) is 3.66. The lowest BCUT2D eigenvalue weighted by Crippen LogP contribution is -2.49. The number of carbonyl (C=O) groups excluding carboxylic acids is 1. The van der Waals surface area contributed by atoms with Crippen molar-refractivity contribution in [3.63, 3.8) is 0 Å². The highest BCUT2D eigenvalue weighted by Gasteiger charge is 2.27. The minimum atomic E-state index is -0.317. The van der Waals surface area contributed by atoms with Crippen molar-refractivity contribution >= 4 is 44.7 Å². The van der Waals surface area contributed by atoms with Crippen molar-refractivity contribution in [1.82, 2.24) is 5.32 Å². The number of anilines is 1. The Hall–Kier alpha value is -2.12. The second-order valence-electron chi connectivity index (χ2n) is 8.87. The van der Waals surface area contributed by atoms with Crippen LogP contribution in [0.2, 0.25) is 5.02 Å². The number of nitrogens with zero attached hydrogens (tertiary/aromatic N) is 1. The summed E-state index contributed by atoms with van der Waals surface area (Å²) >= 11 is 7.93. The number of esters is 1. The Bertz CT molecular complexity index is 1170. The van der Waals surface area contributed by atoms with E-state index in [1.807, 2.05) is 18.2 Å². The van der Waals surface area contributed by atoms with Crippen molar-refractivity contribution in [2.45, 2.75) is 38.3 Å². The monoisotopic (exact) mass is 484 g/mol. The third kappa shape index (κ3) is 4.62. The zero-order valence-electron chi connectivity index (χ0n) is 19.0. The summed E-state index contributed by atoms with van der Waals surface area (Å²) in [6, 6.07) is 12.8. The fraction of sp³-hybridized carbons (Fsp3) is 0.423. The second-order valence-corrected chi connectivity index (χ2v) is 10.6. The molecule has 1 saturated carbocycles. The van der Waals surface area contributed by atoms with Crippen molar-refractivity contribution in [3.05, 3.63) is 51.9 Å². The van der Waals surface area contributed by atoms with Gasteiger partial charge in [-0.25, -0.2) is 4.79 Å². The van der Waals surface area contributed by atoms with E-state index >= 15 is 0 Å². The predicted octanol–water partition coefficient (Wildman–Crippen LogP) is 5.66. The quantitative estimate of drug-likeness (QED) is 0.457. The van der Waals surface area contributed by atoms with Crippen molar-refractivity contribution in [3.8, 4) is 11.1 Å². The summed E-state index contributed by atoms with van der Waals surface area (Å²) < 4.78 is 12.3. The van der Waals surface area contributed by atoms with Crippen molar-refractivity contribution in [2.24, 2.45) is 0 Å². The topological polar surface area (TPSA) is 50.8 Å². The fourth-order valence-corrected chi connectivity index (χ4v) is 6.13. The van der Waals surface area contributed by atoms with E-state index in [0.29, 0.717) is 18.2 Å². The third-order valence-electron chi connectivity index (χ3n) is 6.74. The number of ether oxygens (including phenoxy) is 2. The van der Waals surface area contributed by atoms with Gasteiger partial charge in [0, 0.05) is 51.2 Å². The molecule has 7 heteroatoms. The number of nitrogens with one attached hydrogen (secondary N) is 1. The van der Waals surface area contributed by atoms with Gasteiger partial charge in [0.15, 0.2) is 0 Å². The van der Waals surface area contributed by atoms with E-state index in [1.54, 1.807) is 11.3 Å². The number of carbonyl (C=O) groups is 1. The smallest absolute Gasteiger partial charge is 0.339 e.